The molecule has 1 aromatic heterocycles. The number of imidazole rings is 1. The first-order chi connectivity index (χ1) is 13.5. The van der Waals surface area contributed by atoms with Crippen LogP contribution in [0.3, 0.4) is 0 Å². The van der Waals surface area contributed by atoms with Crippen LogP contribution in [0.25, 0.3) is 22.2 Å². The van der Waals surface area contributed by atoms with Crippen LogP contribution in [-0.4, -0.2) is 52.2 Å². The van der Waals surface area contributed by atoms with Gasteiger partial charge in [0.05, 0.1) is 11.0 Å². The molecule has 4 rings (SSSR count). The molecule has 1 saturated heterocycles. The molecule has 2 N–H and O–H groups in total. The summed E-state index contributed by atoms with van der Waals surface area (Å²) in [4.78, 5) is 22.2. The van der Waals surface area contributed by atoms with Gasteiger partial charge >= 0.3 is 0 Å². The zero-order chi connectivity index (χ0) is 19.7. The van der Waals surface area contributed by atoms with E-state index in [0.717, 1.165) is 35.0 Å². The van der Waals surface area contributed by atoms with Crippen molar-refractivity contribution in [2.24, 2.45) is 0 Å². The molecule has 6 heteroatoms. The van der Waals surface area contributed by atoms with Crippen molar-refractivity contribution in [3.63, 3.8) is 0 Å². The lowest BCUT2D eigenvalue weighted by Crippen LogP contribution is -2.40. The monoisotopic (exact) mass is 379 g/mol. The fourth-order valence-corrected chi connectivity index (χ4v) is 3.65. The van der Waals surface area contributed by atoms with E-state index in [0.29, 0.717) is 24.6 Å². The molecule has 1 aliphatic heterocycles. The zero-order valence-corrected chi connectivity index (χ0v) is 16.2. The van der Waals surface area contributed by atoms with Crippen LogP contribution in [0.5, 0.6) is 0 Å². The maximum Gasteiger partial charge on any atom is 0.253 e. The number of nitrogens with one attached hydrogen (secondary N) is 1. The number of hydrogen-bond donors (Lipinski definition) is 2. The predicted molar refractivity (Wildman–Crippen MR) is 108 cm³/mol. The topological polar surface area (TPSA) is 78.5 Å². The fourth-order valence-electron chi connectivity index (χ4n) is 3.65. The van der Waals surface area contributed by atoms with E-state index in [-0.39, 0.29) is 11.9 Å². The molecule has 0 unspecified atom stereocenters. The molecular formula is C22H25N3O3. The Hall–Kier alpha value is -2.70. The van der Waals surface area contributed by atoms with Crippen LogP contribution >= 0.6 is 0 Å². The molecule has 6 nitrogen and oxygen atoms in total. The van der Waals surface area contributed by atoms with Gasteiger partial charge in [-0.3, -0.25) is 4.79 Å². The van der Waals surface area contributed by atoms with Crippen LogP contribution < -0.4 is 0 Å². The Morgan fingerprint density at radius 3 is 2.54 bits per heavy atom. The van der Waals surface area contributed by atoms with Crippen LogP contribution in [0, 0.1) is 0 Å². The highest BCUT2D eigenvalue weighted by atomic mass is 16.5. The lowest BCUT2D eigenvalue weighted by atomic mass is 10.0. The average Bonchev–Trinajstić information content (AvgIpc) is 3.17. The summed E-state index contributed by atoms with van der Waals surface area (Å²) in [6.45, 7) is 3.12. The van der Waals surface area contributed by atoms with E-state index in [1.807, 2.05) is 54.4 Å². The van der Waals surface area contributed by atoms with Crippen molar-refractivity contribution >= 4 is 16.9 Å². The Bertz CT molecular complexity index is 972. The number of aromatic nitrogens is 2. The standard InChI is InChI=1S/C22H25N3O3/c1-14(26)21-23-19-8-7-17(13-20(19)24-21)15-3-5-16(6-4-15)22(27)25(2)18-9-11-28-12-10-18/h3-8,13-14,18,26H,9-12H2,1-2H3,(H,23,24)/t14-/m1/s1. The van der Waals surface area contributed by atoms with E-state index >= 15 is 0 Å². The van der Waals surface area contributed by atoms with E-state index in [1.165, 1.54) is 0 Å². The van der Waals surface area contributed by atoms with Gasteiger partial charge in [0.2, 0.25) is 0 Å². The maximum absolute atomic E-state index is 12.8. The Morgan fingerprint density at radius 2 is 1.86 bits per heavy atom. The lowest BCUT2D eigenvalue weighted by Gasteiger charge is -2.31. The maximum atomic E-state index is 12.8. The van der Waals surface area contributed by atoms with Gasteiger partial charge < -0.3 is 19.7 Å². The van der Waals surface area contributed by atoms with Crippen LogP contribution in [0.15, 0.2) is 42.5 Å². The van der Waals surface area contributed by atoms with Gasteiger partial charge in [-0.1, -0.05) is 18.2 Å². The second-order valence-electron chi connectivity index (χ2n) is 7.37. The molecule has 2 heterocycles. The van der Waals surface area contributed by atoms with E-state index in [9.17, 15) is 9.90 Å². The number of aliphatic hydroxyl groups is 1. The first kappa shape index (κ1) is 18.7. The second kappa shape index (κ2) is 7.73. The Morgan fingerprint density at radius 1 is 1.18 bits per heavy atom. The molecule has 0 saturated carbocycles. The summed E-state index contributed by atoms with van der Waals surface area (Å²) < 4.78 is 5.39. The molecule has 1 aliphatic rings. The Labute approximate surface area is 164 Å². The minimum absolute atomic E-state index is 0.0454. The minimum Gasteiger partial charge on any atom is -0.385 e. The third-order valence-corrected chi connectivity index (χ3v) is 5.42. The molecule has 146 valence electrons. The van der Waals surface area contributed by atoms with Gasteiger partial charge in [-0.15, -0.1) is 0 Å². The highest BCUT2D eigenvalue weighted by Gasteiger charge is 2.23. The molecule has 3 aromatic rings. The molecular weight excluding hydrogens is 354 g/mol. The Balaban J connectivity index is 1.54. The smallest absolute Gasteiger partial charge is 0.253 e. The number of hydrogen-bond acceptors (Lipinski definition) is 4. The van der Waals surface area contributed by atoms with E-state index < -0.39 is 6.10 Å². The number of fused-ring (bicyclic) bond motifs is 1. The molecule has 0 spiro atoms. The van der Waals surface area contributed by atoms with Crippen molar-refractivity contribution in [3.8, 4) is 11.1 Å². The SMILES string of the molecule is C[C@@H](O)c1nc2ccc(-c3ccc(C(=O)N(C)C4CCOCC4)cc3)cc2[nH]1. The first-order valence-corrected chi connectivity index (χ1v) is 9.66. The first-order valence-electron chi connectivity index (χ1n) is 9.66. The molecule has 0 radical (unpaired) electrons. The molecule has 1 atom stereocenters. The normalized spacial score (nSPS) is 16.2. The van der Waals surface area contributed by atoms with Crippen molar-refractivity contribution in [1.29, 1.82) is 0 Å². The lowest BCUT2D eigenvalue weighted by molar-refractivity contribution is 0.0362. The van der Waals surface area contributed by atoms with Crippen LogP contribution in [0.1, 0.15) is 42.1 Å². The summed E-state index contributed by atoms with van der Waals surface area (Å²) in [5, 5.41) is 9.70. The third kappa shape index (κ3) is 3.66. The van der Waals surface area contributed by atoms with E-state index in [4.69, 9.17) is 4.74 Å². The van der Waals surface area contributed by atoms with Crippen LogP contribution in [-0.2, 0) is 4.74 Å². The van der Waals surface area contributed by atoms with Crippen molar-refractivity contribution in [2.45, 2.75) is 31.9 Å². The number of rotatable bonds is 4. The van der Waals surface area contributed by atoms with Crippen molar-refractivity contribution in [1.82, 2.24) is 14.9 Å². The molecule has 1 fully saturated rings. The van der Waals surface area contributed by atoms with Crippen molar-refractivity contribution in [2.75, 3.05) is 20.3 Å². The van der Waals surface area contributed by atoms with Gasteiger partial charge in [0.1, 0.15) is 11.9 Å². The summed E-state index contributed by atoms with van der Waals surface area (Å²) in [5.41, 5.74) is 4.46. The summed E-state index contributed by atoms with van der Waals surface area (Å²) >= 11 is 0. The van der Waals surface area contributed by atoms with Crippen molar-refractivity contribution < 1.29 is 14.6 Å². The number of carbonyl (C=O) groups excluding carboxylic acids is 1. The summed E-state index contributed by atoms with van der Waals surface area (Å²) in [5.74, 6) is 0.605. The van der Waals surface area contributed by atoms with Gasteiger partial charge in [-0.2, -0.15) is 0 Å². The summed E-state index contributed by atoms with van der Waals surface area (Å²) in [7, 11) is 1.87. The highest BCUT2D eigenvalue weighted by Crippen LogP contribution is 2.25. The fraction of sp³-hybridized carbons (Fsp3) is 0.364. The minimum atomic E-state index is -0.631. The number of carbonyl (C=O) groups is 1. The Kier molecular flexibility index (Phi) is 5.15. The number of ether oxygens (including phenoxy) is 1. The summed E-state index contributed by atoms with van der Waals surface area (Å²) in [6.07, 6.45) is 1.15. The van der Waals surface area contributed by atoms with Gasteiger partial charge in [0.15, 0.2) is 0 Å². The molecule has 2 aromatic carbocycles. The number of amides is 1. The molecule has 1 amide bonds. The number of benzene rings is 2. The van der Waals surface area contributed by atoms with Crippen LogP contribution in [0.4, 0.5) is 0 Å². The average molecular weight is 379 g/mol. The zero-order valence-electron chi connectivity index (χ0n) is 16.2. The van der Waals surface area contributed by atoms with Crippen molar-refractivity contribution in [3.05, 3.63) is 53.9 Å². The number of aromatic amines is 1. The van der Waals surface area contributed by atoms with Crippen LogP contribution in [0.2, 0.25) is 0 Å². The highest BCUT2D eigenvalue weighted by molar-refractivity contribution is 5.95. The largest absolute Gasteiger partial charge is 0.385 e. The van der Waals surface area contributed by atoms with Gasteiger partial charge in [0.25, 0.3) is 5.91 Å². The van der Waals surface area contributed by atoms with E-state index in [1.54, 1.807) is 6.92 Å². The number of aliphatic hydroxyl groups excluding tert-OH is 1. The van der Waals surface area contributed by atoms with Gasteiger partial charge in [0, 0.05) is 31.9 Å². The summed E-state index contributed by atoms with van der Waals surface area (Å²) in [6, 6.07) is 13.9. The second-order valence-corrected chi connectivity index (χ2v) is 7.37. The number of H-pyrrole nitrogens is 1. The predicted octanol–water partition coefficient (Wildman–Crippen LogP) is 3.53. The quantitative estimate of drug-likeness (QED) is 0.727. The van der Waals surface area contributed by atoms with Gasteiger partial charge in [-0.05, 0) is 55.2 Å². The third-order valence-electron chi connectivity index (χ3n) is 5.42. The van der Waals surface area contributed by atoms with E-state index in [2.05, 4.69) is 9.97 Å². The van der Waals surface area contributed by atoms with Gasteiger partial charge in [-0.25, -0.2) is 4.98 Å². The molecule has 0 aliphatic carbocycles. The molecule has 28 heavy (non-hydrogen) atoms. The number of nitrogens with zero attached hydrogens (tertiary/aromatic N) is 2. The molecule has 0 bridgehead atoms.